The fourth-order valence-electron chi connectivity index (χ4n) is 3.06. The van der Waals surface area contributed by atoms with Gasteiger partial charge in [0, 0.05) is 27.5 Å². The topological polar surface area (TPSA) is 58.2 Å². The van der Waals surface area contributed by atoms with Crippen molar-refractivity contribution in [1.29, 1.82) is 0 Å². The van der Waals surface area contributed by atoms with Gasteiger partial charge in [-0.05, 0) is 77.1 Å². The van der Waals surface area contributed by atoms with Crippen LogP contribution in [-0.4, -0.2) is 17.4 Å². The standard InChI is InChI=1S/C19H27BrN2O2/c1-12-11-15(9-10-16(12)20)21-17(23)13-5-7-14(8-6-13)18(24)22-19(2,3)4/h9-11,13-14H,5-8H2,1-4H3,(H,21,23)(H,22,24). The lowest BCUT2D eigenvalue weighted by atomic mass is 9.81. The SMILES string of the molecule is Cc1cc(NC(=O)C2CCC(C(=O)NC(C)(C)C)CC2)ccc1Br. The molecule has 0 heterocycles. The van der Waals surface area contributed by atoms with Gasteiger partial charge in [-0.25, -0.2) is 0 Å². The van der Waals surface area contributed by atoms with Crippen molar-refractivity contribution >= 4 is 33.4 Å². The molecule has 1 aliphatic carbocycles. The van der Waals surface area contributed by atoms with Gasteiger partial charge in [0.1, 0.15) is 0 Å². The highest BCUT2D eigenvalue weighted by Crippen LogP contribution is 2.30. The first-order chi connectivity index (χ1) is 11.2. The second kappa shape index (κ2) is 7.68. The van der Waals surface area contributed by atoms with E-state index < -0.39 is 0 Å². The molecule has 0 spiro atoms. The Balaban J connectivity index is 1.86. The van der Waals surface area contributed by atoms with E-state index in [1.807, 2.05) is 45.9 Å². The van der Waals surface area contributed by atoms with Crippen LogP contribution < -0.4 is 10.6 Å². The summed E-state index contributed by atoms with van der Waals surface area (Å²) < 4.78 is 1.03. The molecule has 132 valence electrons. The number of anilines is 1. The van der Waals surface area contributed by atoms with Gasteiger partial charge in [0.25, 0.3) is 0 Å². The Morgan fingerprint density at radius 3 is 2.08 bits per heavy atom. The molecule has 5 heteroatoms. The van der Waals surface area contributed by atoms with Gasteiger partial charge < -0.3 is 10.6 Å². The van der Waals surface area contributed by atoms with Crippen LogP contribution in [0.25, 0.3) is 0 Å². The number of halogens is 1. The van der Waals surface area contributed by atoms with E-state index in [-0.39, 0.29) is 29.2 Å². The molecule has 24 heavy (non-hydrogen) atoms. The molecular formula is C19H27BrN2O2. The summed E-state index contributed by atoms with van der Waals surface area (Å²) in [7, 11) is 0. The van der Waals surface area contributed by atoms with E-state index in [1.54, 1.807) is 0 Å². The molecule has 0 aromatic heterocycles. The van der Waals surface area contributed by atoms with Crippen LogP contribution in [0.1, 0.15) is 52.0 Å². The Morgan fingerprint density at radius 1 is 1.04 bits per heavy atom. The molecule has 1 fully saturated rings. The highest BCUT2D eigenvalue weighted by Gasteiger charge is 2.31. The van der Waals surface area contributed by atoms with Gasteiger partial charge in [0.15, 0.2) is 0 Å². The molecule has 0 bridgehead atoms. The second-order valence-electron chi connectivity index (χ2n) is 7.74. The number of hydrogen-bond donors (Lipinski definition) is 2. The van der Waals surface area contributed by atoms with Crippen LogP contribution in [0.2, 0.25) is 0 Å². The van der Waals surface area contributed by atoms with Crippen LogP contribution >= 0.6 is 15.9 Å². The summed E-state index contributed by atoms with van der Waals surface area (Å²) >= 11 is 3.46. The summed E-state index contributed by atoms with van der Waals surface area (Å²) in [5.74, 6) is 0.201. The molecule has 0 radical (unpaired) electrons. The van der Waals surface area contributed by atoms with E-state index in [4.69, 9.17) is 0 Å². The molecule has 0 unspecified atom stereocenters. The molecule has 1 aromatic rings. The van der Waals surface area contributed by atoms with Crippen LogP contribution in [0.4, 0.5) is 5.69 Å². The molecule has 0 saturated heterocycles. The summed E-state index contributed by atoms with van der Waals surface area (Å²) in [5.41, 5.74) is 1.72. The van der Waals surface area contributed by atoms with Crippen molar-refractivity contribution < 1.29 is 9.59 Å². The van der Waals surface area contributed by atoms with E-state index in [0.717, 1.165) is 41.4 Å². The third-order valence-corrected chi connectivity index (χ3v) is 5.28. The zero-order valence-electron chi connectivity index (χ0n) is 14.9. The number of hydrogen-bond acceptors (Lipinski definition) is 2. The normalized spacial score (nSPS) is 21.2. The highest BCUT2D eigenvalue weighted by molar-refractivity contribution is 9.10. The number of amides is 2. The average molecular weight is 395 g/mol. The monoisotopic (exact) mass is 394 g/mol. The minimum atomic E-state index is -0.204. The molecule has 2 amide bonds. The second-order valence-corrected chi connectivity index (χ2v) is 8.60. The van der Waals surface area contributed by atoms with E-state index >= 15 is 0 Å². The van der Waals surface area contributed by atoms with Gasteiger partial charge in [0.2, 0.25) is 11.8 Å². The van der Waals surface area contributed by atoms with Crippen molar-refractivity contribution in [1.82, 2.24) is 5.32 Å². The smallest absolute Gasteiger partial charge is 0.227 e. The highest BCUT2D eigenvalue weighted by atomic mass is 79.9. The van der Waals surface area contributed by atoms with Crippen molar-refractivity contribution in [3.8, 4) is 0 Å². The summed E-state index contributed by atoms with van der Waals surface area (Å²) in [5, 5.41) is 6.04. The minimum absolute atomic E-state index is 0.00682. The van der Waals surface area contributed by atoms with Crippen molar-refractivity contribution in [3.05, 3.63) is 28.2 Å². The third kappa shape index (κ3) is 5.33. The van der Waals surface area contributed by atoms with E-state index in [2.05, 4.69) is 26.6 Å². The molecule has 0 atom stereocenters. The van der Waals surface area contributed by atoms with Crippen LogP contribution in [0, 0.1) is 18.8 Å². The minimum Gasteiger partial charge on any atom is -0.351 e. The Morgan fingerprint density at radius 2 is 1.58 bits per heavy atom. The van der Waals surface area contributed by atoms with Gasteiger partial charge >= 0.3 is 0 Å². The average Bonchev–Trinajstić information content (AvgIpc) is 2.49. The fourth-order valence-corrected chi connectivity index (χ4v) is 3.30. The number of nitrogens with one attached hydrogen (secondary N) is 2. The number of benzene rings is 1. The number of aryl methyl sites for hydroxylation is 1. The first kappa shape index (κ1) is 19.0. The maximum Gasteiger partial charge on any atom is 0.227 e. The molecule has 1 aromatic carbocycles. The fraction of sp³-hybridized carbons (Fsp3) is 0.579. The van der Waals surface area contributed by atoms with Crippen LogP contribution in [-0.2, 0) is 9.59 Å². The molecule has 1 aliphatic rings. The van der Waals surface area contributed by atoms with Gasteiger partial charge in [0.05, 0.1) is 0 Å². The largest absolute Gasteiger partial charge is 0.351 e. The Bertz CT molecular complexity index is 614. The lowest BCUT2D eigenvalue weighted by Gasteiger charge is -2.30. The van der Waals surface area contributed by atoms with Crippen molar-refractivity contribution in [3.63, 3.8) is 0 Å². The molecule has 0 aliphatic heterocycles. The molecule has 2 N–H and O–H groups in total. The summed E-state index contributed by atoms with van der Waals surface area (Å²) in [6, 6.07) is 5.81. The first-order valence-electron chi connectivity index (χ1n) is 8.55. The molecule has 2 rings (SSSR count). The van der Waals surface area contributed by atoms with Crippen molar-refractivity contribution in [2.45, 2.75) is 58.9 Å². The van der Waals surface area contributed by atoms with Crippen LogP contribution in [0.3, 0.4) is 0 Å². The maximum absolute atomic E-state index is 12.4. The number of carbonyl (C=O) groups excluding carboxylic acids is 2. The van der Waals surface area contributed by atoms with Crippen LogP contribution in [0.15, 0.2) is 22.7 Å². The van der Waals surface area contributed by atoms with E-state index in [9.17, 15) is 9.59 Å². The van der Waals surface area contributed by atoms with E-state index in [0.29, 0.717) is 0 Å². The Kier molecular flexibility index (Phi) is 6.07. The molecular weight excluding hydrogens is 368 g/mol. The summed E-state index contributed by atoms with van der Waals surface area (Å²) in [6.45, 7) is 7.97. The first-order valence-corrected chi connectivity index (χ1v) is 9.34. The van der Waals surface area contributed by atoms with Crippen LogP contribution in [0.5, 0.6) is 0 Å². The lowest BCUT2D eigenvalue weighted by Crippen LogP contribution is -2.45. The van der Waals surface area contributed by atoms with Gasteiger partial charge in [-0.2, -0.15) is 0 Å². The van der Waals surface area contributed by atoms with Gasteiger partial charge in [-0.3, -0.25) is 9.59 Å². The predicted molar refractivity (Wildman–Crippen MR) is 101 cm³/mol. The number of carbonyl (C=O) groups is 2. The maximum atomic E-state index is 12.4. The number of rotatable bonds is 3. The van der Waals surface area contributed by atoms with E-state index in [1.165, 1.54) is 0 Å². The van der Waals surface area contributed by atoms with Gasteiger partial charge in [-0.1, -0.05) is 15.9 Å². The van der Waals surface area contributed by atoms with Gasteiger partial charge in [-0.15, -0.1) is 0 Å². The summed E-state index contributed by atoms with van der Waals surface area (Å²) in [6.07, 6.45) is 3.09. The Hall–Kier alpha value is -1.36. The molecule has 1 saturated carbocycles. The summed E-state index contributed by atoms with van der Waals surface area (Å²) in [4.78, 5) is 24.7. The quantitative estimate of drug-likeness (QED) is 0.796. The predicted octanol–water partition coefficient (Wildman–Crippen LogP) is 4.42. The molecule has 4 nitrogen and oxygen atoms in total. The van der Waals surface area contributed by atoms with Crippen molar-refractivity contribution in [2.24, 2.45) is 11.8 Å². The zero-order valence-corrected chi connectivity index (χ0v) is 16.5. The zero-order chi connectivity index (χ0) is 17.9. The third-order valence-electron chi connectivity index (χ3n) is 4.39. The van der Waals surface area contributed by atoms with Crippen molar-refractivity contribution in [2.75, 3.05) is 5.32 Å². The lowest BCUT2D eigenvalue weighted by molar-refractivity contribution is -0.129. The Labute approximate surface area is 152 Å².